The van der Waals surface area contributed by atoms with Gasteiger partial charge in [-0.1, -0.05) is 42.5 Å². The smallest absolute Gasteiger partial charge is 0.188 e. The van der Waals surface area contributed by atoms with Crippen molar-refractivity contribution in [2.45, 2.75) is 0 Å². The van der Waals surface area contributed by atoms with Crippen LogP contribution in [-0.4, -0.2) is 5.11 Å². The van der Waals surface area contributed by atoms with Gasteiger partial charge >= 0.3 is 0 Å². The van der Waals surface area contributed by atoms with E-state index in [0.29, 0.717) is 11.5 Å². The minimum Gasteiger partial charge on any atom is -0.506 e. The van der Waals surface area contributed by atoms with Crippen LogP contribution in [0.1, 0.15) is 0 Å². The number of thiophene rings is 2. The molecule has 0 bridgehead atoms. The maximum atomic E-state index is 10.3. The number of phenolic OH excluding ortho intramolecular Hbond substituents is 1. The quantitative estimate of drug-likeness (QED) is 0.241. The van der Waals surface area contributed by atoms with Crippen LogP contribution in [0.4, 0.5) is 0 Å². The van der Waals surface area contributed by atoms with Gasteiger partial charge in [0, 0.05) is 30.3 Å². The van der Waals surface area contributed by atoms with E-state index in [1.165, 1.54) is 4.70 Å². The summed E-state index contributed by atoms with van der Waals surface area (Å²) in [4.78, 5) is 11.7. The van der Waals surface area contributed by atoms with E-state index in [9.17, 15) is 5.11 Å². The molecule has 0 saturated heterocycles. The largest absolute Gasteiger partial charge is 0.506 e. The number of fused-ring (bicyclic) bond motifs is 6. The molecule has 0 radical (unpaired) electrons. The summed E-state index contributed by atoms with van der Waals surface area (Å²) in [5, 5.41) is 14.5. The van der Waals surface area contributed by atoms with Gasteiger partial charge in [-0.05, 0) is 36.4 Å². The highest BCUT2D eigenvalue weighted by molar-refractivity contribution is 7.26. The van der Waals surface area contributed by atoms with Crippen molar-refractivity contribution in [3.8, 4) is 17.2 Å². The monoisotopic (exact) mass is 414 g/mol. The SMILES string of the molecule is Oc1ccc(OOc2cccc3sc4ccccc4c23)c2c1sc1ccccc12. The van der Waals surface area contributed by atoms with Crippen molar-refractivity contribution in [2.75, 3.05) is 0 Å². The Kier molecular flexibility index (Phi) is 3.66. The summed E-state index contributed by atoms with van der Waals surface area (Å²) in [7, 11) is 0. The Labute approximate surface area is 173 Å². The van der Waals surface area contributed by atoms with Crippen LogP contribution in [0, 0.1) is 0 Å². The van der Waals surface area contributed by atoms with Gasteiger partial charge in [0.1, 0.15) is 5.75 Å². The van der Waals surface area contributed by atoms with E-state index in [0.717, 1.165) is 35.6 Å². The molecule has 0 atom stereocenters. The van der Waals surface area contributed by atoms with Gasteiger partial charge in [0.05, 0.1) is 10.1 Å². The first-order valence-corrected chi connectivity index (χ1v) is 10.8. The van der Waals surface area contributed by atoms with E-state index in [1.807, 2.05) is 48.5 Å². The Balaban J connectivity index is 1.48. The zero-order chi connectivity index (χ0) is 19.4. The zero-order valence-electron chi connectivity index (χ0n) is 15.1. The van der Waals surface area contributed by atoms with Gasteiger partial charge in [0.15, 0.2) is 11.5 Å². The first-order valence-electron chi connectivity index (χ1n) is 9.17. The van der Waals surface area contributed by atoms with Crippen molar-refractivity contribution in [3.63, 3.8) is 0 Å². The van der Waals surface area contributed by atoms with Crippen molar-refractivity contribution in [1.82, 2.24) is 0 Å². The average molecular weight is 415 g/mol. The molecule has 0 amide bonds. The van der Waals surface area contributed by atoms with Crippen molar-refractivity contribution < 1.29 is 14.9 Å². The lowest BCUT2D eigenvalue weighted by atomic mass is 10.1. The van der Waals surface area contributed by atoms with Crippen molar-refractivity contribution in [1.29, 1.82) is 0 Å². The molecule has 2 aromatic heterocycles. The average Bonchev–Trinajstić information content (AvgIpc) is 3.33. The molecule has 5 heteroatoms. The molecule has 1 N–H and O–H groups in total. The van der Waals surface area contributed by atoms with Gasteiger partial charge in [-0.3, -0.25) is 9.78 Å². The maximum Gasteiger partial charge on any atom is 0.188 e. The van der Waals surface area contributed by atoms with Crippen LogP contribution in [0.15, 0.2) is 78.9 Å². The Morgan fingerprint density at radius 3 is 1.97 bits per heavy atom. The summed E-state index contributed by atoms with van der Waals surface area (Å²) in [6, 6.07) is 25.8. The minimum absolute atomic E-state index is 0.250. The molecule has 29 heavy (non-hydrogen) atoms. The summed E-state index contributed by atoms with van der Waals surface area (Å²) >= 11 is 3.28. The molecule has 0 aliphatic heterocycles. The van der Waals surface area contributed by atoms with E-state index in [-0.39, 0.29) is 5.75 Å². The normalized spacial score (nSPS) is 11.6. The van der Waals surface area contributed by atoms with E-state index >= 15 is 0 Å². The standard InChI is InChI=1S/C24H14O3S2/c25-16-12-13-18(23-15-7-2-4-10-20(15)29-24(16)23)27-26-17-8-5-11-21-22(17)14-6-1-3-9-19(14)28-21/h1-13,25H. The summed E-state index contributed by atoms with van der Waals surface area (Å²) in [6.07, 6.45) is 0. The van der Waals surface area contributed by atoms with Gasteiger partial charge in [0.25, 0.3) is 0 Å². The van der Waals surface area contributed by atoms with Crippen molar-refractivity contribution in [2.24, 2.45) is 0 Å². The third kappa shape index (κ3) is 2.55. The van der Waals surface area contributed by atoms with Gasteiger partial charge in [-0.15, -0.1) is 22.7 Å². The van der Waals surface area contributed by atoms with Crippen molar-refractivity contribution >= 4 is 63.0 Å². The first kappa shape index (κ1) is 16.7. The molecule has 0 spiro atoms. The second-order valence-electron chi connectivity index (χ2n) is 6.78. The molecule has 4 aromatic carbocycles. The number of hydrogen-bond donors (Lipinski definition) is 1. The molecule has 0 aliphatic carbocycles. The minimum atomic E-state index is 0.250. The highest BCUT2D eigenvalue weighted by atomic mass is 32.1. The molecular weight excluding hydrogens is 400 g/mol. The molecule has 0 aliphatic rings. The molecule has 0 fully saturated rings. The molecular formula is C24H14O3S2. The Morgan fingerprint density at radius 2 is 1.17 bits per heavy atom. The molecule has 3 nitrogen and oxygen atoms in total. The zero-order valence-corrected chi connectivity index (χ0v) is 16.7. The van der Waals surface area contributed by atoms with E-state index < -0.39 is 0 Å². The molecule has 140 valence electrons. The van der Waals surface area contributed by atoms with Gasteiger partial charge in [-0.2, -0.15) is 0 Å². The first-order chi connectivity index (χ1) is 14.3. The number of benzene rings is 4. The lowest BCUT2D eigenvalue weighted by molar-refractivity contribution is -0.0967. The Hall–Kier alpha value is -3.28. The summed E-state index contributed by atoms with van der Waals surface area (Å²) in [6.45, 7) is 0. The number of aromatic hydroxyl groups is 1. The lowest BCUT2D eigenvalue weighted by Gasteiger charge is -2.09. The fourth-order valence-electron chi connectivity index (χ4n) is 3.75. The third-order valence-electron chi connectivity index (χ3n) is 5.05. The Morgan fingerprint density at radius 1 is 0.552 bits per heavy atom. The van der Waals surface area contributed by atoms with Gasteiger partial charge in [0.2, 0.25) is 0 Å². The van der Waals surface area contributed by atoms with Crippen LogP contribution in [0.25, 0.3) is 40.3 Å². The molecule has 0 unspecified atom stereocenters. The van der Waals surface area contributed by atoms with Crippen LogP contribution in [-0.2, 0) is 0 Å². The van der Waals surface area contributed by atoms with Crippen molar-refractivity contribution in [3.05, 3.63) is 78.9 Å². The second-order valence-corrected chi connectivity index (χ2v) is 8.92. The highest BCUT2D eigenvalue weighted by Crippen LogP contribution is 2.44. The summed E-state index contributed by atoms with van der Waals surface area (Å²) < 4.78 is 4.27. The van der Waals surface area contributed by atoms with Crippen LogP contribution < -0.4 is 9.78 Å². The van der Waals surface area contributed by atoms with E-state index in [4.69, 9.17) is 9.78 Å². The molecule has 2 heterocycles. The van der Waals surface area contributed by atoms with Crippen LogP contribution in [0.5, 0.6) is 17.2 Å². The van der Waals surface area contributed by atoms with E-state index in [2.05, 4.69) is 18.2 Å². The highest BCUT2D eigenvalue weighted by Gasteiger charge is 2.16. The maximum absolute atomic E-state index is 10.3. The van der Waals surface area contributed by atoms with Crippen LogP contribution in [0.3, 0.4) is 0 Å². The van der Waals surface area contributed by atoms with Gasteiger partial charge in [-0.25, -0.2) is 0 Å². The summed E-state index contributed by atoms with van der Waals surface area (Å²) in [5.74, 6) is 1.52. The number of hydrogen-bond acceptors (Lipinski definition) is 5. The Bertz CT molecular complexity index is 1530. The van der Waals surface area contributed by atoms with E-state index in [1.54, 1.807) is 34.8 Å². The predicted octanol–water partition coefficient (Wildman–Crippen LogP) is 7.50. The fourth-order valence-corrected chi connectivity index (χ4v) is 6.01. The number of rotatable bonds is 3. The van der Waals surface area contributed by atoms with Crippen LogP contribution >= 0.6 is 22.7 Å². The summed E-state index contributed by atoms with van der Waals surface area (Å²) in [5.41, 5.74) is 0. The van der Waals surface area contributed by atoms with Gasteiger partial charge < -0.3 is 5.11 Å². The molecule has 0 saturated carbocycles. The molecule has 6 aromatic rings. The predicted molar refractivity (Wildman–Crippen MR) is 122 cm³/mol. The van der Waals surface area contributed by atoms with Crippen LogP contribution in [0.2, 0.25) is 0 Å². The second kappa shape index (κ2) is 6.37. The number of phenols is 1. The molecule has 6 rings (SSSR count). The lowest BCUT2D eigenvalue weighted by Crippen LogP contribution is -2.01. The fraction of sp³-hybridized carbons (Fsp3) is 0. The third-order valence-corrected chi connectivity index (χ3v) is 7.38. The topological polar surface area (TPSA) is 38.7 Å².